The van der Waals surface area contributed by atoms with E-state index in [0.29, 0.717) is 0 Å². The Hall–Kier alpha value is -2.13. The molecule has 106 valence electrons. The van der Waals surface area contributed by atoms with Crippen molar-refractivity contribution < 1.29 is 22.7 Å². The van der Waals surface area contributed by atoms with Gasteiger partial charge in [-0.2, -0.15) is 0 Å². The van der Waals surface area contributed by atoms with Crippen LogP contribution in [0, 0.1) is 6.92 Å². The lowest BCUT2D eigenvalue weighted by Crippen LogP contribution is -2.14. The molecule has 2 aromatic rings. The molecule has 0 fully saturated rings. The van der Waals surface area contributed by atoms with Crippen LogP contribution < -0.4 is 4.72 Å². The Morgan fingerprint density at radius 2 is 2.10 bits per heavy atom. The third-order valence-corrected chi connectivity index (χ3v) is 3.91. The maximum Gasteiger partial charge on any atom is 0.371 e. The molecule has 0 aromatic carbocycles. The van der Waals surface area contributed by atoms with Gasteiger partial charge in [0.2, 0.25) is 5.76 Å². The van der Waals surface area contributed by atoms with E-state index in [-0.39, 0.29) is 21.6 Å². The Morgan fingerprint density at radius 1 is 1.40 bits per heavy atom. The number of hydrogen-bond acceptors (Lipinski definition) is 6. The van der Waals surface area contributed by atoms with Crippen molar-refractivity contribution in [2.75, 3.05) is 4.72 Å². The van der Waals surface area contributed by atoms with Crippen molar-refractivity contribution in [3.63, 3.8) is 0 Å². The SMILES string of the molecule is Cc1oc(C(=O)O)cc1S(=O)(=O)Nc1cc(Cl)ncn1. The van der Waals surface area contributed by atoms with E-state index in [0.717, 1.165) is 12.4 Å². The summed E-state index contributed by atoms with van der Waals surface area (Å²) < 4.78 is 31.2. The summed E-state index contributed by atoms with van der Waals surface area (Å²) in [6, 6.07) is 2.13. The van der Waals surface area contributed by atoms with Gasteiger partial charge in [0, 0.05) is 12.1 Å². The van der Waals surface area contributed by atoms with E-state index in [9.17, 15) is 13.2 Å². The van der Waals surface area contributed by atoms with Gasteiger partial charge in [0.1, 0.15) is 28.0 Å². The minimum Gasteiger partial charge on any atom is -0.475 e. The molecular weight excluding hydrogens is 310 g/mol. The third-order valence-electron chi connectivity index (χ3n) is 2.25. The largest absolute Gasteiger partial charge is 0.475 e. The molecule has 0 saturated heterocycles. The van der Waals surface area contributed by atoms with Gasteiger partial charge in [-0.05, 0) is 6.92 Å². The number of nitrogens with one attached hydrogen (secondary N) is 1. The van der Waals surface area contributed by atoms with Crippen LogP contribution in [0.3, 0.4) is 0 Å². The standard InChI is InChI=1S/C10H8ClN3O5S/c1-5-7(2-6(19-5)10(15)16)20(17,18)14-9-3-8(11)12-4-13-9/h2-4H,1H3,(H,15,16)(H,12,13,14). The molecule has 0 radical (unpaired) electrons. The molecular formula is C10H8ClN3O5S. The van der Waals surface area contributed by atoms with Gasteiger partial charge >= 0.3 is 5.97 Å². The summed E-state index contributed by atoms with van der Waals surface area (Å²) in [6.45, 7) is 1.34. The highest BCUT2D eigenvalue weighted by atomic mass is 35.5. The first kappa shape index (κ1) is 14.3. The maximum absolute atomic E-state index is 12.1. The number of nitrogens with zero attached hydrogens (tertiary/aromatic N) is 2. The van der Waals surface area contributed by atoms with E-state index in [1.54, 1.807) is 0 Å². The molecule has 2 N–H and O–H groups in total. The number of halogens is 1. The third kappa shape index (κ3) is 2.89. The normalized spacial score (nSPS) is 11.3. The first-order valence-corrected chi connectivity index (χ1v) is 7.00. The number of hydrogen-bond donors (Lipinski definition) is 2. The zero-order valence-electron chi connectivity index (χ0n) is 9.99. The Labute approximate surface area is 118 Å². The molecule has 0 aliphatic heterocycles. The zero-order valence-corrected chi connectivity index (χ0v) is 11.6. The lowest BCUT2D eigenvalue weighted by molar-refractivity contribution is 0.0661. The number of carbonyl (C=O) groups is 1. The average molecular weight is 318 g/mol. The van der Waals surface area contributed by atoms with E-state index in [1.165, 1.54) is 13.0 Å². The fraction of sp³-hybridized carbons (Fsp3) is 0.100. The number of rotatable bonds is 4. The molecule has 0 bridgehead atoms. The summed E-state index contributed by atoms with van der Waals surface area (Å²) in [6.07, 6.45) is 1.09. The number of anilines is 1. The van der Waals surface area contributed by atoms with Crippen LogP contribution in [0.15, 0.2) is 27.8 Å². The van der Waals surface area contributed by atoms with Crippen molar-refractivity contribution in [2.24, 2.45) is 0 Å². The van der Waals surface area contributed by atoms with Gasteiger partial charge < -0.3 is 9.52 Å². The molecule has 0 spiro atoms. The number of carboxylic acids is 1. The van der Waals surface area contributed by atoms with Gasteiger partial charge in [0.05, 0.1) is 0 Å². The number of carboxylic acid groups (broad SMARTS) is 1. The first-order chi connectivity index (χ1) is 9.29. The lowest BCUT2D eigenvalue weighted by Gasteiger charge is -2.05. The van der Waals surface area contributed by atoms with Crippen molar-refractivity contribution >= 4 is 33.4 Å². The van der Waals surface area contributed by atoms with Gasteiger partial charge in [0.15, 0.2) is 0 Å². The van der Waals surface area contributed by atoms with E-state index in [2.05, 4.69) is 14.7 Å². The molecule has 20 heavy (non-hydrogen) atoms. The van der Waals surface area contributed by atoms with Crippen LogP contribution in [0.25, 0.3) is 0 Å². The highest BCUT2D eigenvalue weighted by Crippen LogP contribution is 2.22. The van der Waals surface area contributed by atoms with Crippen molar-refractivity contribution in [1.29, 1.82) is 0 Å². The molecule has 0 aliphatic carbocycles. The second-order valence-electron chi connectivity index (χ2n) is 3.67. The monoisotopic (exact) mass is 317 g/mol. The highest BCUT2D eigenvalue weighted by Gasteiger charge is 2.24. The molecule has 2 aromatic heterocycles. The molecule has 0 unspecified atom stereocenters. The lowest BCUT2D eigenvalue weighted by atomic mass is 10.4. The van der Waals surface area contributed by atoms with E-state index >= 15 is 0 Å². The van der Waals surface area contributed by atoms with Crippen molar-refractivity contribution in [2.45, 2.75) is 11.8 Å². The summed E-state index contributed by atoms with van der Waals surface area (Å²) in [5, 5.41) is 8.83. The fourth-order valence-corrected chi connectivity index (χ4v) is 2.75. The number of sulfonamides is 1. The predicted molar refractivity (Wildman–Crippen MR) is 68.3 cm³/mol. The summed E-state index contributed by atoms with van der Waals surface area (Å²) in [5.41, 5.74) is 0. The molecule has 8 nitrogen and oxygen atoms in total. The minimum absolute atomic E-state index is 0.0394. The molecule has 2 rings (SSSR count). The van der Waals surface area contributed by atoms with Gasteiger partial charge in [-0.1, -0.05) is 11.6 Å². The Kier molecular flexibility index (Phi) is 3.64. The van der Waals surface area contributed by atoms with Gasteiger partial charge in [-0.15, -0.1) is 0 Å². The Morgan fingerprint density at radius 3 is 2.65 bits per heavy atom. The fourth-order valence-electron chi connectivity index (χ4n) is 1.42. The topological polar surface area (TPSA) is 122 Å². The molecule has 0 aliphatic rings. The first-order valence-electron chi connectivity index (χ1n) is 5.13. The van der Waals surface area contributed by atoms with Gasteiger partial charge in [0.25, 0.3) is 10.0 Å². The molecule has 0 amide bonds. The summed E-state index contributed by atoms with van der Waals surface area (Å²) in [7, 11) is -4.03. The number of aromatic carboxylic acids is 1. The van der Waals surface area contributed by atoms with Gasteiger partial charge in [-0.3, -0.25) is 4.72 Å². The van der Waals surface area contributed by atoms with Crippen LogP contribution in [0.2, 0.25) is 5.15 Å². The summed E-state index contributed by atoms with van der Waals surface area (Å²) in [5.74, 6) is -1.92. The van der Waals surface area contributed by atoms with Crippen molar-refractivity contribution in [3.8, 4) is 0 Å². The van der Waals surface area contributed by atoms with E-state index < -0.39 is 21.8 Å². The summed E-state index contributed by atoms with van der Waals surface area (Å²) in [4.78, 5) is 17.8. The number of aromatic nitrogens is 2. The van der Waals surface area contributed by atoms with Crippen LogP contribution >= 0.6 is 11.6 Å². The van der Waals surface area contributed by atoms with Crippen LogP contribution in [0.1, 0.15) is 16.3 Å². The number of furan rings is 1. The zero-order chi connectivity index (χ0) is 14.9. The van der Waals surface area contributed by atoms with Crippen molar-refractivity contribution in [1.82, 2.24) is 9.97 Å². The number of aryl methyl sites for hydroxylation is 1. The quantitative estimate of drug-likeness (QED) is 0.820. The molecule has 0 saturated carbocycles. The highest BCUT2D eigenvalue weighted by molar-refractivity contribution is 7.92. The van der Waals surface area contributed by atoms with Crippen LogP contribution in [-0.2, 0) is 10.0 Å². The second kappa shape index (κ2) is 5.10. The Balaban J connectivity index is 2.38. The predicted octanol–water partition coefficient (Wildman–Crippen LogP) is 1.53. The second-order valence-corrected chi connectivity index (χ2v) is 5.71. The smallest absolute Gasteiger partial charge is 0.371 e. The van der Waals surface area contributed by atoms with E-state index in [4.69, 9.17) is 21.1 Å². The van der Waals surface area contributed by atoms with Gasteiger partial charge in [-0.25, -0.2) is 23.2 Å². The molecule has 2 heterocycles. The maximum atomic E-state index is 12.1. The summed E-state index contributed by atoms with van der Waals surface area (Å²) >= 11 is 5.61. The minimum atomic E-state index is -4.03. The average Bonchev–Trinajstić information content (AvgIpc) is 2.71. The molecule has 0 atom stereocenters. The van der Waals surface area contributed by atoms with Crippen molar-refractivity contribution in [3.05, 3.63) is 35.1 Å². The van der Waals surface area contributed by atoms with Crippen LogP contribution in [0.4, 0.5) is 5.82 Å². The Bertz CT molecular complexity index is 771. The molecule has 10 heteroatoms. The van der Waals surface area contributed by atoms with E-state index in [1.807, 2.05) is 0 Å². The van der Waals surface area contributed by atoms with Crippen LogP contribution in [0.5, 0.6) is 0 Å². The van der Waals surface area contributed by atoms with Crippen LogP contribution in [-0.4, -0.2) is 29.5 Å².